The molecule has 0 aliphatic heterocycles. The Kier molecular flexibility index (Phi) is 4.44. The van der Waals surface area contributed by atoms with Crippen molar-refractivity contribution in [2.75, 3.05) is 11.9 Å². The maximum Gasteiger partial charge on any atom is 0.288 e. The molecule has 9 nitrogen and oxygen atoms in total. The van der Waals surface area contributed by atoms with Crippen LogP contribution in [0.1, 0.15) is 23.1 Å². The van der Waals surface area contributed by atoms with Gasteiger partial charge in [0.05, 0.1) is 17.0 Å². The predicted molar refractivity (Wildman–Crippen MR) is 74.8 cm³/mol. The lowest BCUT2D eigenvalue weighted by Crippen LogP contribution is -2.25. The average Bonchev–Trinajstić information content (AvgIpc) is 2.98. The van der Waals surface area contributed by atoms with Crippen LogP contribution in [-0.2, 0) is 6.54 Å². The molecular formula is C12H14N6O3. The Labute approximate surface area is 120 Å². The van der Waals surface area contributed by atoms with Crippen molar-refractivity contribution in [1.29, 1.82) is 0 Å². The second-order valence-corrected chi connectivity index (χ2v) is 4.10. The third-order valence-corrected chi connectivity index (χ3v) is 2.64. The first-order valence-corrected chi connectivity index (χ1v) is 6.26. The van der Waals surface area contributed by atoms with Gasteiger partial charge >= 0.3 is 0 Å². The molecule has 0 atom stereocenters. The fourth-order valence-corrected chi connectivity index (χ4v) is 1.69. The summed E-state index contributed by atoms with van der Waals surface area (Å²) in [6.07, 6.45) is 4.32. The van der Waals surface area contributed by atoms with E-state index >= 15 is 0 Å². The molecule has 0 fully saturated rings. The summed E-state index contributed by atoms with van der Waals surface area (Å²) in [5.74, 6) is 0.435. The third kappa shape index (κ3) is 3.53. The zero-order valence-corrected chi connectivity index (χ0v) is 11.3. The molecule has 1 amide bonds. The number of aromatic amines is 1. The van der Waals surface area contributed by atoms with E-state index in [9.17, 15) is 14.9 Å². The van der Waals surface area contributed by atoms with E-state index in [1.165, 1.54) is 6.07 Å². The Morgan fingerprint density at radius 2 is 2.29 bits per heavy atom. The zero-order valence-electron chi connectivity index (χ0n) is 11.3. The van der Waals surface area contributed by atoms with E-state index in [0.717, 1.165) is 6.20 Å². The van der Waals surface area contributed by atoms with Crippen molar-refractivity contribution < 1.29 is 9.72 Å². The summed E-state index contributed by atoms with van der Waals surface area (Å²) in [4.78, 5) is 33.1. The van der Waals surface area contributed by atoms with Crippen LogP contribution in [0.15, 0.2) is 24.7 Å². The fourth-order valence-electron chi connectivity index (χ4n) is 1.69. The first-order valence-electron chi connectivity index (χ1n) is 6.26. The molecule has 0 spiro atoms. The Morgan fingerprint density at radius 3 is 2.90 bits per heavy atom. The van der Waals surface area contributed by atoms with E-state index in [1.807, 2.05) is 6.92 Å². The molecule has 2 heterocycles. The first-order chi connectivity index (χ1) is 10.1. The van der Waals surface area contributed by atoms with Crippen molar-refractivity contribution in [3.63, 3.8) is 0 Å². The largest absolute Gasteiger partial charge is 0.370 e. The van der Waals surface area contributed by atoms with Crippen LogP contribution >= 0.6 is 0 Å². The van der Waals surface area contributed by atoms with Crippen LogP contribution in [-0.4, -0.2) is 32.3 Å². The van der Waals surface area contributed by atoms with Gasteiger partial charge in [-0.2, -0.15) is 0 Å². The average molecular weight is 290 g/mol. The molecule has 0 aliphatic carbocycles. The SMILES string of the molecule is CCNc1ncc([N+](=O)[O-])cc1C(=O)NCc1ncc[nH]1. The number of rotatable bonds is 6. The number of nitro groups is 1. The standard InChI is InChI=1S/C12H14N6O3/c1-2-13-11-9(5-8(6-16-11)18(20)21)12(19)17-7-10-14-3-4-15-10/h3-6H,2,7H2,1H3,(H,13,16)(H,14,15)(H,17,19). The lowest BCUT2D eigenvalue weighted by atomic mass is 10.2. The van der Waals surface area contributed by atoms with Crippen LogP contribution in [0.2, 0.25) is 0 Å². The van der Waals surface area contributed by atoms with Gasteiger partial charge in [0.25, 0.3) is 11.6 Å². The van der Waals surface area contributed by atoms with Gasteiger partial charge in [0.2, 0.25) is 0 Å². The van der Waals surface area contributed by atoms with Crippen LogP contribution in [0.25, 0.3) is 0 Å². The smallest absolute Gasteiger partial charge is 0.288 e. The minimum absolute atomic E-state index is 0.123. The molecule has 9 heteroatoms. The van der Waals surface area contributed by atoms with Crippen molar-refractivity contribution in [2.45, 2.75) is 13.5 Å². The summed E-state index contributed by atoms with van der Waals surface area (Å²) in [6, 6.07) is 1.20. The molecule has 2 aromatic heterocycles. The molecule has 0 aromatic carbocycles. The molecule has 2 rings (SSSR count). The number of anilines is 1. The predicted octanol–water partition coefficient (Wildman–Crippen LogP) is 1.07. The number of nitrogens with zero attached hydrogens (tertiary/aromatic N) is 3. The van der Waals surface area contributed by atoms with Crippen molar-refractivity contribution in [2.24, 2.45) is 0 Å². The van der Waals surface area contributed by atoms with Crippen molar-refractivity contribution in [3.8, 4) is 0 Å². The molecule has 110 valence electrons. The molecule has 0 unspecified atom stereocenters. The molecule has 0 radical (unpaired) electrons. The van der Waals surface area contributed by atoms with Gasteiger partial charge in [-0.1, -0.05) is 0 Å². The number of nitrogens with one attached hydrogen (secondary N) is 3. The van der Waals surface area contributed by atoms with Gasteiger partial charge in [0.15, 0.2) is 0 Å². The third-order valence-electron chi connectivity index (χ3n) is 2.64. The van der Waals surface area contributed by atoms with Crippen molar-refractivity contribution >= 4 is 17.4 Å². The number of hydrogen-bond acceptors (Lipinski definition) is 6. The van der Waals surface area contributed by atoms with Crippen LogP contribution in [0.5, 0.6) is 0 Å². The van der Waals surface area contributed by atoms with Crippen molar-refractivity contribution in [1.82, 2.24) is 20.3 Å². The Morgan fingerprint density at radius 1 is 1.48 bits per heavy atom. The van der Waals surface area contributed by atoms with Gasteiger partial charge in [-0.05, 0) is 6.92 Å². The second kappa shape index (κ2) is 6.46. The first kappa shape index (κ1) is 14.4. The summed E-state index contributed by atoms with van der Waals surface area (Å²) in [6.45, 7) is 2.58. The Bertz CT molecular complexity index is 640. The highest BCUT2D eigenvalue weighted by Gasteiger charge is 2.17. The van der Waals surface area contributed by atoms with E-state index in [1.54, 1.807) is 12.4 Å². The van der Waals surface area contributed by atoms with Crippen LogP contribution in [0.4, 0.5) is 11.5 Å². The molecule has 0 aliphatic rings. The van der Waals surface area contributed by atoms with Gasteiger partial charge < -0.3 is 15.6 Å². The van der Waals surface area contributed by atoms with E-state index in [4.69, 9.17) is 0 Å². The van der Waals surface area contributed by atoms with Gasteiger partial charge in [-0.25, -0.2) is 9.97 Å². The fraction of sp³-hybridized carbons (Fsp3) is 0.250. The maximum atomic E-state index is 12.2. The highest BCUT2D eigenvalue weighted by atomic mass is 16.6. The van der Waals surface area contributed by atoms with Gasteiger partial charge in [-0.3, -0.25) is 14.9 Å². The number of aromatic nitrogens is 3. The number of imidazole rings is 1. The number of pyridine rings is 1. The molecule has 2 aromatic rings. The number of carbonyl (C=O) groups is 1. The highest BCUT2D eigenvalue weighted by Crippen LogP contribution is 2.19. The number of hydrogen-bond donors (Lipinski definition) is 3. The maximum absolute atomic E-state index is 12.2. The van der Waals surface area contributed by atoms with Gasteiger partial charge in [0.1, 0.15) is 17.8 Å². The quantitative estimate of drug-likeness (QED) is 0.539. The van der Waals surface area contributed by atoms with Crippen LogP contribution in [0.3, 0.4) is 0 Å². The molecule has 0 bridgehead atoms. The molecule has 0 saturated carbocycles. The van der Waals surface area contributed by atoms with Crippen LogP contribution in [0, 0.1) is 10.1 Å². The molecule has 0 saturated heterocycles. The lowest BCUT2D eigenvalue weighted by Gasteiger charge is -2.09. The van der Waals surface area contributed by atoms with E-state index in [2.05, 4.69) is 25.6 Å². The monoisotopic (exact) mass is 290 g/mol. The van der Waals surface area contributed by atoms with Gasteiger partial charge in [-0.15, -0.1) is 0 Å². The van der Waals surface area contributed by atoms with E-state index in [-0.39, 0.29) is 17.8 Å². The number of amides is 1. The summed E-state index contributed by atoms with van der Waals surface area (Å²) in [5, 5.41) is 16.3. The summed E-state index contributed by atoms with van der Waals surface area (Å²) >= 11 is 0. The van der Waals surface area contributed by atoms with E-state index in [0.29, 0.717) is 18.2 Å². The highest BCUT2D eigenvalue weighted by molar-refractivity contribution is 5.99. The van der Waals surface area contributed by atoms with Crippen LogP contribution < -0.4 is 10.6 Å². The normalized spacial score (nSPS) is 10.1. The zero-order chi connectivity index (χ0) is 15.2. The number of carbonyl (C=O) groups excluding carboxylic acids is 1. The summed E-state index contributed by atoms with van der Waals surface area (Å²) in [7, 11) is 0. The van der Waals surface area contributed by atoms with E-state index < -0.39 is 10.8 Å². The van der Waals surface area contributed by atoms with Gasteiger partial charge in [0, 0.05) is 25.0 Å². The number of H-pyrrole nitrogens is 1. The molecule has 3 N–H and O–H groups in total. The Balaban J connectivity index is 2.20. The van der Waals surface area contributed by atoms with Crippen molar-refractivity contribution in [3.05, 3.63) is 46.2 Å². The molecular weight excluding hydrogens is 276 g/mol. The lowest BCUT2D eigenvalue weighted by molar-refractivity contribution is -0.385. The minimum Gasteiger partial charge on any atom is -0.370 e. The summed E-state index contributed by atoms with van der Waals surface area (Å²) in [5.41, 5.74) is -0.114. The summed E-state index contributed by atoms with van der Waals surface area (Å²) < 4.78 is 0. The Hall–Kier alpha value is -2.97. The second-order valence-electron chi connectivity index (χ2n) is 4.10. The topological polar surface area (TPSA) is 126 Å². The minimum atomic E-state index is -0.591. The molecule has 21 heavy (non-hydrogen) atoms.